The molecule has 16 heavy (non-hydrogen) atoms. The third kappa shape index (κ3) is 4.07. The highest BCUT2D eigenvalue weighted by Gasteiger charge is 2.31. The second-order valence-electron chi connectivity index (χ2n) is 4.08. The summed E-state index contributed by atoms with van der Waals surface area (Å²) in [6.07, 6.45) is 8.35. The van der Waals surface area contributed by atoms with Crippen molar-refractivity contribution in [3.63, 3.8) is 0 Å². The molecule has 1 amide bonds. The molecule has 0 aromatic heterocycles. The molecular weight excluding hydrogens is 220 g/mol. The molecule has 3 N–H and O–H groups in total. The van der Waals surface area contributed by atoms with Crippen LogP contribution in [0, 0.1) is 24.2 Å². The van der Waals surface area contributed by atoms with E-state index in [2.05, 4.69) is 11.2 Å². The molecule has 1 fully saturated rings. The van der Waals surface area contributed by atoms with E-state index in [4.69, 9.17) is 12.2 Å². The van der Waals surface area contributed by atoms with Crippen molar-refractivity contribution in [2.75, 3.05) is 24.6 Å². The first-order valence-electron chi connectivity index (χ1n) is 5.78. The molecule has 0 spiro atoms. The minimum atomic E-state index is 0.141. The molecule has 0 radical (unpaired) electrons. The maximum absolute atomic E-state index is 11.8. The van der Waals surface area contributed by atoms with E-state index in [1.807, 2.05) is 0 Å². The fraction of sp³-hybridized carbons (Fsp3) is 0.750. The highest BCUT2D eigenvalue weighted by Crippen LogP contribution is 2.30. The monoisotopic (exact) mass is 240 g/mol. The lowest BCUT2D eigenvalue weighted by molar-refractivity contribution is -0.125. The van der Waals surface area contributed by atoms with Gasteiger partial charge in [0.25, 0.3) is 0 Å². The highest BCUT2D eigenvalue weighted by molar-refractivity contribution is 7.99. The fourth-order valence-corrected chi connectivity index (χ4v) is 2.68. The number of hydrogen-bond donors (Lipinski definition) is 2. The third-order valence-corrected chi connectivity index (χ3v) is 3.89. The van der Waals surface area contributed by atoms with Gasteiger partial charge in [0.1, 0.15) is 0 Å². The highest BCUT2D eigenvalue weighted by atomic mass is 32.2. The van der Waals surface area contributed by atoms with E-state index in [0.29, 0.717) is 24.8 Å². The maximum atomic E-state index is 11.8. The number of hydrogen-bond acceptors (Lipinski definition) is 3. The van der Waals surface area contributed by atoms with Gasteiger partial charge in [-0.05, 0) is 25.3 Å². The van der Waals surface area contributed by atoms with Gasteiger partial charge in [-0.15, -0.1) is 18.2 Å². The Kier molecular flexibility index (Phi) is 6.36. The van der Waals surface area contributed by atoms with Crippen LogP contribution in [0.3, 0.4) is 0 Å². The first kappa shape index (κ1) is 13.4. The Morgan fingerprint density at radius 2 is 2.38 bits per heavy atom. The summed E-state index contributed by atoms with van der Waals surface area (Å²) in [7, 11) is 0. The zero-order valence-electron chi connectivity index (χ0n) is 9.58. The summed E-state index contributed by atoms with van der Waals surface area (Å²) in [5, 5.41) is 2.96. The lowest BCUT2D eigenvalue weighted by Gasteiger charge is -2.17. The van der Waals surface area contributed by atoms with Crippen molar-refractivity contribution >= 4 is 17.7 Å². The molecule has 0 aliphatic heterocycles. The summed E-state index contributed by atoms with van der Waals surface area (Å²) in [6, 6.07) is 0. The topological polar surface area (TPSA) is 55.1 Å². The summed E-state index contributed by atoms with van der Waals surface area (Å²) in [4.78, 5) is 11.8. The number of nitrogens with two attached hydrogens (primary N) is 1. The van der Waals surface area contributed by atoms with E-state index < -0.39 is 0 Å². The van der Waals surface area contributed by atoms with Gasteiger partial charge in [0.05, 0.1) is 5.75 Å². The van der Waals surface area contributed by atoms with Gasteiger partial charge in [0.2, 0.25) is 5.91 Å². The number of thioether (sulfide) groups is 1. The molecule has 2 atom stereocenters. The molecule has 2 unspecified atom stereocenters. The van der Waals surface area contributed by atoms with Gasteiger partial charge >= 0.3 is 0 Å². The second kappa shape index (κ2) is 7.59. The fourth-order valence-electron chi connectivity index (χ4n) is 2.17. The predicted octanol–water partition coefficient (Wildman–Crippen LogP) is 0.844. The van der Waals surface area contributed by atoms with Crippen molar-refractivity contribution in [3.8, 4) is 12.3 Å². The normalized spacial score (nSPS) is 24.0. The Hall–Kier alpha value is -0.660. The molecule has 4 heteroatoms. The molecule has 1 rings (SSSR count). The lowest BCUT2D eigenvalue weighted by atomic mass is 9.95. The Labute approximate surface area is 102 Å². The summed E-state index contributed by atoms with van der Waals surface area (Å²) >= 11 is 1.67. The summed E-state index contributed by atoms with van der Waals surface area (Å²) in [6.45, 7) is 1.34. The Bertz CT molecular complexity index is 262. The van der Waals surface area contributed by atoms with Crippen LogP contribution in [-0.4, -0.2) is 30.5 Å². The van der Waals surface area contributed by atoms with Crippen LogP contribution in [0.1, 0.15) is 19.3 Å². The summed E-state index contributed by atoms with van der Waals surface area (Å²) in [5.74, 6) is 4.86. The van der Waals surface area contributed by atoms with Crippen LogP contribution >= 0.6 is 11.8 Å². The average molecular weight is 240 g/mol. The molecule has 1 aliphatic carbocycles. The minimum Gasteiger partial charge on any atom is -0.355 e. The zero-order valence-corrected chi connectivity index (χ0v) is 10.4. The number of terminal acetylenes is 1. The van der Waals surface area contributed by atoms with Crippen molar-refractivity contribution < 1.29 is 4.79 Å². The molecule has 0 bridgehead atoms. The average Bonchev–Trinajstić information content (AvgIpc) is 2.76. The van der Waals surface area contributed by atoms with E-state index >= 15 is 0 Å². The van der Waals surface area contributed by atoms with Crippen LogP contribution in [0.4, 0.5) is 0 Å². The van der Waals surface area contributed by atoms with E-state index in [1.54, 1.807) is 11.8 Å². The molecule has 0 aromatic rings. The Balaban J connectivity index is 2.17. The molecule has 0 aromatic carbocycles. The van der Waals surface area contributed by atoms with E-state index in [1.165, 1.54) is 0 Å². The van der Waals surface area contributed by atoms with Gasteiger partial charge in [0.15, 0.2) is 0 Å². The summed E-state index contributed by atoms with van der Waals surface area (Å²) < 4.78 is 0. The first-order valence-corrected chi connectivity index (χ1v) is 6.94. The second-order valence-corrected chi connectivity index (χ2v) is 5.19. The van der Waals surface area contributed by atoms with Crippen LogP contribution in [0.15, 0.2) is 0 Å². The lowest BCUT2D eigenvalue weighted by Crippen LogP contribution is -2.36. The van der Waals surface area contributed by atoms with Crippen molar-refractivity contribution in [1.82, 2.24) is 5.32 Å². The standard InChI is InChI=1S/C12H20N2OS/c1-2-7-16-8-6-14-12(15)11-5-3-4-10(11)9-13/h1,10-11H,3-9,13H2,(H,14,15). The largest absolute Gasteiger partial charge is 0.355 e. The van der Waals surface area contributed by atoms with E-state index in [9.17, 15) is 4.79 Å². The molecule has 0 heterocycles. The van der Waals surface area contributed by atoms with Crippen molar-refractivity contribution in [1.29, 1.82) is 0 Å². The quantitative estimate of drug-likeness (QED) is 0.534. The van der Waals surface area contributed by atoms with Crippen LogP contribution in [-0.2, 0) is 4.79 Å². The molecule has 3 nitrogen and oxygen atoms in total. The van der Waals surface area contributed by atoms with Crippen LogP contribution in [0.5, 0.6) is 0 Å². The van der Waals surface area contributed by atoms with Crippen LogP contribution in [0.25, 0.3) is 0 Å². The molecular formula is C12H20N2OS. The minimum absolute atomic E-state index is 0.141. The first-order chi connectivity index (χ1) is 7.79. The molecule has 0 saturated heterocycles. The molecule has 1 aliphatic rings. The Morgan fingerprint density at radius 1 is 1.56 bits per heavy atom. The van der Waals surface area contributed by atoms with E-state index in [-0.39, 0.29) is 11.8 Å². The van der Waals surface area contributed by atoms with Gasteiger partial charge < -0.3 is 11.1 Å². The number of carbonyl (C=O) groups is 1. The smallest absolute Gasteiger partial charge is 0.223 e. The van der Waals surface area contributed by atoms with Gasteiger partial charge in [0, 0.05) is 18.2 Å². The maximum Gasteiger partial charge on any atom is 0.223 e. The third-order valence-electron chi connectivity index (χ3n) is 3.03. The van der Waals surface area contributed by atoms with Gasteiger partial charge in [-0.25, -0.2) is 0 Å². The molecule has 90 valence electrons. The number of carbonyl (C=O) groups excluding carboxylic acids is 1. The number of amides is 1. The van der Waals surface area contributed by atoms with Crippen molar-refractivity contribution in [2.45, 2.75) is 19.3 Å². The Morgan fingerprint density at radius 3 is 3.06 bits per heavy atom. The van der Waals surface area contributed by atoms with Crippen molar-refractivity contribution in [2.24, 2.45) is 17.6 Å². The zero-order chi connectivity index (χ0) is 11.8. The van der Waals surface area contributed by atoms with Gasteiger partial charge in [-0.3, -0.25) is 4.79 Å². The predicted molar refractivity (Wildman–Crippen MR) is 69.1 cm³/mol. The van der Waals surface area contributed by atoms with Gasteiger partial charge in [-0.2, -0.15) is 0 Å². The molecule has 1 saturated carbocycles. The van der Waals surface area contributed by atoms with Crippen LogP contribution < -0.4 is 11.1 Å². The van der Waals surface area contributed by atoms with E-state index in [0.717, 1.165) is 25.0 Å². The van der Waals surface area contributed by atoms with Crippen LogP contribution in [0.2, 0.25) is 0 Å². The van der Waals surface area contributed by atoms with Crippen molar-refractivity contribution in [3.05, 3.63) is 0 Å². The number of nitrogens with one attached hydrogen (secondary N) is 1. The SMILES string of the molecule is C#CCSCCNC(=O)C1CCCC1CN. The summed E-state index contributed by atoms with van der Waals surface area (Å²) in [5.41, 5.74) is 5.65. The number of rotatable bonds is 6. The van der Waals surface area contributed by atoms with Gasteiger partial charge in [-0.1, -0.05) is 12.3 Å².